The van der Waals surface area contributed by atoms with Gasteiger partial charge < -0.3 is 4.74 Å². The van der Waals surface area contributed by atoms with Crippen LogP contribution < -0.4 is 4.74 Å². The van der Waals surface area contributed by atoms with E-state index < -0.39 is 15.9 Å². The molecule has 0 amide bonds. The Balaban J connectivity index is 2.11. The van der Waals surface area contributed by atoms with E-state index in [2.05, 4.69) is 8.75 Å². The average Bonchev–Trinajstić information content (AvgIpc) is 2.99. The molecule has 2 aromatic carbocycles. The van der Waals surface area contributed by atoms with Crippen LogP contribution in [0, 0.1) is 0 Å². The van der Waals surface area contributed by atoms with Gasteiger partial charge in [-0.05, 0) is 42.0 Å². The van der Waals surface area contributed by atoms with Crippen LogP contribution in [-0.4, -0.2) is 34.6 Å². The SMILES string of the molecule is COc1ccc(C(=O)c2cc3nsnc3cc2CS(=O)(=O)O)cc1. The molecule has 0 saturated carbocycles. The van der Waals surface area contributed by atoms with Crippen LogP contribution in [0.15, 0.2) is 36.4 Å². The van der Waals surface area contributed by atoms with E-state index in [4.69, 9.17) is 9.29 Å². The number of ether oxygens (including phenoxy) is 1. The molecule has 1 N–H and O–H groups in total. The summed E-state index contributed by atoms with van der Waals surface area (Å²) in [5, 5.41) is 0. The molecule has 0 aliphatic heterocycles. The van der Waals surface area contributed by atoms with Crippen LogP contribution in [-0.2, 0) is 15.9 Å². The maximum absolute atomic E-state index is 12.8. The van der Waals surface area contributed by atoms with Crippen LogP contribution in [0.2, 0.25) is 0 Å². The lowest BCUT2D eigenvalue weighted by molar-refractivity contribution is 0.103. The summed E-state index contributed by atoms with van der Waals surface area (Å²) >= 11 is 0.961. The van der Waals surface area contributed by atoms with Gasteiger partial charge in [0.05, 0.1) is 18.8 Å². The molecule has 0 bridgehead atoms. The first-order valence-corrected chi connectivity index (χ1v) is 9.10. The predicted molar refractivity (Wildman–Crippen MR) is 89.1 cm³/mol. The second-order valence-corrected chi connectivity index (χ2v) is 7.03. The van der Waals surface area contributed by atoms with E-state index in [1.807, 2.05) is 0 Å². The maximum atomic E-state index is 12.8. The minimum atomic E-state index is -4.29. The van der Waals surface area contributed by atoms with Crippen molar-refractivity contribution in [3.05, 3.63) is 53.1 Å². The van der Waals surface area contributed by atoms with Gasteiger partial charge in [0, 0.05) is 11.1 Å². The summed E-state index contributed by atoms with van der Waals surface area (Å²) in [7, 11) is -2.78. The molecule has 124 valence electrons. The van der Waals surface area contributed by atoms with E-state index in [0.29, 0.717) is 22.3 Å². The molecule has 0 spiro atoms. The summed E-state index contributed by atoms with van der Waals surface area (Å²) in [5.74, 6) is -0.437. The zero-order valence-corrected chi connectivity index (χ0v) is 14.1. The van der Waals surface area contributed by atoms with Gasteiger partial charge in [-0.1, -0.05) is 0 Å². The molecule has 0 fully saturated rings. The highest BCUT2D eigenvalue weighted by atomic mass is 32.2. The van der Waals surface area contributed by atoms with Gasteiger partial charge in [-0.2, -0.15) is 17.2 Å². The van der Waals surface area contributed by atoms with Crippen LogP contribution in [0.3, 0.4) is 0 Å². The van der Waals surface area contributed by atoms with E-state index in [1.165, 1.54) is 19.2 Å². The lowest BCUT2D eigenvalue weighted by Gasteiger charge is -2.08. The van der Waals surface area contributed by atoms with Crippen LogP contribution in [0.1, 0.15) is 21.5 Å². The Bertz CT molecular complexity index is 1010. The Labute approximate surface area is 142 Å². The first-order chi connectivity index (χ1) is 11.4. The topological polar surface area (TPSA) is 106 Å². The third-order valence-corrected chi connectivity index (χ3v) is 4.65. The van der Waals surface area contributed by atoms with Crippen molar-refractivity contribution in [3.63, 3.8) is 0 Å². The first-order valence-electron chi connectivity index (χ1n) is 6.76. The fourth-order valence-electron chi connectivity index (χ4n) is 2.30. The van der Waals surface area contributed by atoms with Gasteiger partial charge >= 0.3 is 0 Å². The van der Waals surface area contributed by atoms with Gasteiger partial charge in [0.25, 0.3) is 10.1 Å². The highest BCUT2D eigenvalue weighted by molar-refractivity contribution is 7.85. The quantitative estimate of drug-likeness (QED) is 0.547. The fourth-order valence-corrected chi connectivity index (χ4v) is 3.44. The molecule has 0 atom stereocenters. The summed E-state index contributed by atoms with van der Waals surface area (Å²) in [5.41, 5.74) is 1.69. The van der Waals surface area contributed by atoms with Crippen molar-refractivity contribution in [1.29, 1.82) is 0 Å². The van der Waals surface area contributed by atoms with Crippen molar-refractivity contribution in [2.45, 2.75) is 5.75 Å². The predicted octanol–water partition coefficient (Wildman–Crippen LogP) is 2.32. The molecular weight excluding hydrogens is 352 g/mol. The maximum Gasteiger partial charge on any atom is 0.269 e. The number of ketones is 1. The molecule has 1 heterocycles. The number of fused-ring (bicyclic) bond motifs is 1. The van der Waals surface area contributed by atoms with Gasteiger partial charge in [0.15, 0.2) is 5.78 Å². The van der Waals surface area contributed by atoms with Gasteiger partial charge in [0.2, 0.25) is 0 Å². The number of hydrogen-bond donors (Lipinski definition) is 1. The number of methoxy groups -OCH3 is 1. The van der Waals surface area contributed by atoms with Crippen molar-refractivity contribution < 1.29 is 22.5 Å². The molecule has 0 aliphatic rings. The Morgan fingerprint density at radius 1 is 1.17 bits per heavy atom. The average molecular weight is 364 g/mol. The van der Waals surface area contributed by atoms with Crippen LogP contribution in [0.25, 0.3) is 11.0 Å². The number of hydrogen-bond acceptors (Lipinski definition) is 7. The van der Waals surface area contributed by atoms with Crippen LogP contribution >= 0.6 is 11.7 Å². The lowest BCUT2D eigenvalue weighted by atomic mass is 9.98. The zero-order valence-electron chi connectivity index (χ0n) is 12.5. The molecule has 0 unspecified atom stereocenters. The Kier molecular flexibility index (Phi) is 4.31. The molecular formula is C15H12N2O5S2. The highest BCUT2D eigenvalue weighted by Crippen LogP contribution is 2.24. The summed E-state index contributed by atoms with van der Waals surface area (Å²) < 4.78 is 44.8. The van der Waals surface area contributed by atoms with Gasteiger partial charge in [0.1, 0.15) is 22.5 Å². The number of benzene rings is 2. The normalized spacial score (nSPS) is 11.6. The molecule has 24 heavy (non-hydrogen) atoms. The van der Waals surface area contributed by atoms with Gasteiger partial charge in [-0.3, -0.25) is 9.35 Å². The molecule has 1 aromatic heterocycles. The van der Waals surface area contributed by atoms with E-state index in [1.54, 1.807) is 24.3 Å². The number of rotatable bonds is 5. The molecule has 0 aliphatic carbocycles. The summed E-state index contributed by atoms with van der Waals surface area (Å²) in [4.78, 5) is 12.8. The molecule has 3 rings (SSSR count). The standard InChI is InChI=1S/C15H12N2O5S2/c1-22-11-4-2-9(3-5-11)15(18)12-7-14-13(16-23-17-14)6-10(12)8-24(19,20)21/h2-7H,8H2,1H3,(H,19,20,21). The zero-order chi connectivity index (χ0) is 17.3. The Hall–Kier alpha value is -2.36. The van der Waals surface area contributed by atoms with Gasteiger partial charge in [-0.25, -0.2) is 0 Å². The minimum absolute atomic E-state index is 0.165. The number of nitrogens with zero attached hydrogens (tertiary/aromatic N) is 2. The Morgan fingerprint density at radius 3 is 2.38 bits per heavy atom. The van der Waals surface area contributed by atoms with E-state index in [-0.39, 0.29) is 16.9 Å². The number of carbonyl (C=O) groups excluding carboxylic acids is 1. The third kappa shape index (κ3) is 3.42. The lowest BCUT2D eigenvalue weighted by Crippen LogP contribution is -2.10. The van der Waals surface area contributed by atoms with Crippen molar-refractivity contribution in [3.8, 4) is 5.75 Å². The van der Waals surface area contributed by atoms with Crippen molar-refractivity contribution in [1.82, 2.24) is 8.75 Å². The summed E-state index contributed by atoms with van der Waals surface area (Å²) in [6.07, 6.45) is 0. The molecule has 3 aromatic rings. The van der Waals surface area contributed by atoms with Crippen molar-refractivity contribution in [2.75, 3.05) is 7.11 Å². The van der Waals surface area contributed by atoms with E-state index in [9.17, 15) is 13.2 Å². The van der Waals surface area contributed by atoms with Crippen molar-refractivity contribution in [2.24, 2.45) is 0 Å². The first kappa shape index (κ1) is 16.5. The summed E-state index contributed by atoms with van der Waals surface area (Å²) in [6.45, 7) is 0. The van der Waals surface area contributed by atoms with Gasteiger partial charge in [-0.15, -0.1) is 0 Å². The summed E-state index contributed by atoms with van der Waals surface area (Å²) in [6, 6.07) is 9.40. The molecule has 0 saturated heterocycles. The number of aromatic nitrogens is 2. The number of carbonyl (C=O) groups is 1. The van der Waals surface area contributed by atoms with Crippen molar-refractivity contribution >= 4 is 38.7 Å². The second-order valence-electron chi connectivity index (χ2n) is 5.05. The minimum Gasteiger partial charge on any atom is -0.497 e. The monoisotopic (exact) mass is 364 g/mol. The van der Waals surface area contributed by atoms with Crippen LogP contribution in [0.5, 0.6) is 5.75 Å². The second kappa shape index (κ2) is 6.27. The fraction of sp³-hybridized carbons (Fsp3) is 0.133. The molecule has 0 radical (unpaired) electrons. The molecule has 9 heteroatoms. The van der Waals surface area contributed by atoms with Crippen LogP contribution in [0.4, 0.5) is 0 Å². The van der Waals surface area contributed by atoms with E-state index in [0.717, 1.165) is 11.7 Å². The largest absolute Gasteiger partial charge is 0.497 e. The van der Waals surface area contributed by atoms with E-state index >= 15 is 0 Å². The Morgan fingerprint density at radius 2 is 1.79 bits per heavy atom. The molecule has 7 nitrogen and oxygen atoms in total. The third-order valence-electron chi connectivity index (χ3n) is 3.41. The highest BCUT2D eigenvalue weighted by Gasteiger charge is 2.20. The smallest absolute Gasteiger partial charge is 0.269 e.